The molecule has 2 heterocycles. The molecule has 1 unspecified atom stereocenters. The minimum atomic E-state index is -0.587. The molecule has 3 rings (SSSR count). The van der Waals surface area contributed by atoms with Crippen LogP contribution in [0.1, 0.15) is 25.3 Å². The van der Waals surface area contributed by atoms with Crippen LogP contribution in [-0.2, 0) is 16.0 Å². The maximum atomic E-state index is 12.3. The van der Waals surface area contributed by atoms with E-state index in [0.29, 0.717) is 26.1 Å². The van der Waals surface area contributed by atoms with Crippen LogP contribution in [-0.4, -0.2) is 48.6 Å². The van der Waals surface area contributed by atoms with Gasteiger partial charge in [0.15, 0.2) is 0 Å². The van der Waals surface area contributed by atoms with E-state index in [1.54, 1.807) is 4.90 Å². The summed E-state index contributed by atoms with van der Waals surface area (Å²) < 4.78 is 4.84. The second kappa shape index (κ2) is 7.17. The molecule has 2 N–H and O–H groups in total. The van der Waals surface area contributed by atoms with Crippen LogP contribution >= 0.6 is 0 Å². The van der Waals surface area contributed by atoms with E-state index in [0.717, 1.165) is 18.4 Å². The predicted molar refractivity (Wildman–Crippen MR) is 96.3 cm³/mol. The number of fused-ring (bicyclic) bond motifs is 1. The molecular weight excluding hydrogens is 318 g/mol. The highest BCUT2D eigenvalue weighted by atomic mass is 16.5. The Morgan fingerprint density at radius 2 is 2.16 bits per heavy atom. The van der Waals surface area contributed by atoms with E-state index in [2.05, 4.69) is 22.4 Å². The molecule has 0 aliphatic carbocycles. The van der Waals surface area contributed by atoms with Gasteiger partial charge < -0.3 is 19.9 Å². The van der Waals surface area contributed by atoms with Crippen molar-refractivity contribution in [3.63, 3.8) is 0 Å². The summed E-state index contributed by atoms with van der Waals surface area (Å²) in [5.74, 6) is -0.248. The zero-order valence-corrected chi connectivity index (χ0v) is 14.8. The van der Waals surface area contributed by atoms with Crippen LogP contribution in [0, 0.1) is 5.41 Å². The number of aromatic nitrogens is 1. The number of aromatic amines is 1. The first-order valence-electron chi connectivity index (χ1n) is 8.70. The number of nitrogens with zero attached hydrogens (tertiary/aromatic N) is 1. The molecule has 6 heteroatoms. The molecule has 0 radical (unpaired) electrons. The highest BCUT2D eigenvalue weighted by Gasteiger charge is 2.42. The Labute approximate surface area is 147 Å². The lowest BCUT2D eigenvalue weighted by Crippen LogP contribution is -2.41. The van der Waals surface area contributed by atoms with Gasteiger partial charge in [-0.2, -0.15) is 0 Å². The Kier molecular flexibility index (Phi) is 4.97. The van der Waals surface area contributed by atoms with E-state index in [9.17, 15) is 9.59 Å². The Morgan fingerprint density at radius 3 is 2.96 bits per heavy atom. The van der Waals surface area contributed by atoms with E-state index >= 15 is 0 Å². The molecule has 1 fully saturated rings. The number of benzene rings is 1. The number of rotatable bonds is 5. The fourth-order valence-corrected chi connectivity index (χ4v) is 3.47. The third kappa shape index (κ3) is 3.62. The minimum absolute atomic E-state index is 0.105. The number of aryl methyl sites for hydroxylation is 1. The number of hydrogen-bond acceptors (Lipinski definition) is 3. The van der Waals surface area contributed by atoms with Crippen molar-refractivity contribution >= 4 is 22.9 Å². The first kappa shape index (κ1) is 17.3. The van der Waals surface area contributed by atoms with Crippen molar-refractivity contribution in [3.8, 4) is 0 Å². The Bertz CT molecular complexity index is 770. The first-order chi connectivity index (χ1) is 12.0. The van der Waals surface area contributed by atoms with Gasteiger partial charge in [0, 0.05) is 36.7 Å². The molecule has 1 atom stereocenters. The Balaban J connectivity index is 1.45. The summed E-state index contributed by atoms with van der Waals surface area (Å²) in [6.45, 7) is 3.46. The molecule has 2 aromatic rings. The van der Waals surface area contributed by atoms with Gasteiger partial charge in [0.2, 0.25) is 0 Å². The van der Waals surface area contributed by atoms with Crippen molar-refractivity contribution < 1.29 is 14.3 Å². The molecule has 0 bridgehead atoms. The van der Waals surface area contributed by atoms with Gasteiger partial charge in [-0.25, -0.2) is 4.79 Å². The Hall–Kier alpha value is -2.50. The zero-order valence-electron chi connectivity index (χ0n) is 14.8. The average molecular weight is 343 g/mol. The van der Waals surface area contributed by atoms with Gasteiger partial charge in [-0.05, 0) is 37.8 Å². The highest BCUT2D eigenvalue weighted by Crippen LogP contribution is 2.31. The monoisotopic (exact) mass is 343 g/mol. The molecule has 0 saturated carbocycles. The number of urea groups is 1. The second-order valence-electron chi connectivity index (χ2n) is 6.92. The van der Waals surface area contributed by atoms with Crippen LogP contribution < -0.4 is 5.32 Å². The normalized spacial score (nSPS) is 20.0. The lowest BCUT2D eigenvalue weighted by atomic mass is 9.90. The Morgan fingerprint density at radius 1 is 1.36 bits per heavy atom. The molecule has 1 aliphatic rings. The van der Waals surface area contributed by atoms with Crippen LogP contribution in [0.25, 0.3) is 10.9 Å². The number of nitrogens with one attached hydrogen (secondary N) is 2. The van der Waals surface area contributed by atoms with Crippen molar-refractivity contribution in [2.24, 2.45) is 5.41 Å². The van der Waals surface area contributed by atoms with E-state index in [4.69, 9.17) is 4.74 Å². The lowest BCUT2D eigenvalue weighted by Gasteiger charge is -2.22. The number of carbonyl (C=O) groups excluding carboxylic acids is 2. The van der Waals surface area contributed by atoms with Crippen molar-refractivity contribution in [1.29, 1.82) is 0 Å². The smallest absolute Gasteiger partial charge is 0.317 e. The van der Waals surface area contributed by atoms with Gasteiger partial charge in [-0.1, -0.05) is 18.2 Å². The van der Waals surface area contributed by atoms with E-state index < -0.39 is 5.41 Å². The van der Waals surface area contributed by atoms with Gasteiger partial charge >= 0.3 is 12.0 Å². The van der Waals surface area contributed by atoms with Gasteiger partial charge in [0.1, 0.15) is 0 Å². The number of methoxy groups -OCH3 is 1. The zero-order chi connectivity index (χ0) is 17.9. The number of para-hydroxylation sites is 1. The average Bonchev–Trinajstić information content (AvgIpc) is 3.23. The minimum Gasteiger partial charge on any atom is -0.469 e. The van der Waals surface area contributed by atoms with Crippen LogP contribution in [0.4, 0.5) is 4.79 Å². The van der Waals surface area contributed by atoms with Crippen LogP contribution in [0.2, 0.25) is 0 Å². The van der Waals surface area contributed by atoms with E-state index in [1.807, 2.05) is 25.3 Å². The molecule has 134 valence electrons. The number of amides is 2. The molecule has 1 aromatic carbocycles. The van der Waals surface area contributed by atoms with Crippen LogP contribution in [0.5, 0.6) is 0 Å². The molecule has 0 spiro atoms. The summed E-state index contributed by atoms with van der Waals surface area (Å²) in [5, 5.41) is 4.19. The number of esters is 1. The van der Waals surface area contributed by atoms with Crippen molar-refractivity contribution in [2.45, 2.75) is 26.2 Å². The SMILES string of the molecule is COC(=O)C1(C)CCN(C(=O)NCCCc2c[nH]c3ccccc23)C1. The summed E-state index contributed by atoms with van der Waals surface area (Å²) in [4.78, 5) is 29.1. The molecule has 25 heavy (non-hydrogen) atoms. The second-order valence-corrected chi connectivity index (χ2v) is 6.92. The number of H-pyrrole nitrogens is 1. The van der Waals surface area contributed by atoms with Crippen molar-refractivity contribution in [2.75, 3.05) is 26.7 Å². The molecule has 1 saturated heterocycles. The lowest BCUT2D eigenvalue weighted by molar-refractivity contribution is -0.150. The maximum absolute atomic E-state index is 12.3. The number of ether oxygens (including phenoxy) is 1. The van der Waals surface area contributed by atoms with Crippen LogP contribution in [0.3, 0.4) is 0 Å². The number of hydrogen-bond donors (Lipinski definition) is 2. The molecule has 1 aromatic heterocycles. The quantitative estimate of drug-likeness (QED) is 0.647. The highest BCUT2D eigenvalue weighted by molar-refractivity contribution is 5.83. The summed E-state index contributed by atoms with van der Waals surface area (Å²) in [6, 6.07) is 8.12. The fourth-order valence-electron chi connectivity index (χ4n) is 3.47. The topological polar surface area (TPSA) is 74.4 Å². The van der Waals surface area contributed by atoms with Gasteiger partial charge in [-0.15, -0.1) is 0 Å². The summed E-state index contributed by atoms with van der Waals surface area (Å²) >= 11 is 0. The van der Waals surface area contributed by atoms with Gasteiger partial charge in [0.05, 0.1) is 12.5 Å². The van der Waals surface area contributed by atoms with E-state index in [-0.39, 0.29) is 12.0 Å². The van der Waals surface area contributed by atoms with Crippen molar-refractivity contribution in [3.05, 3.63) is 36.0 Å². The largest absolute Gasteiger partial charge is 0.469 e. The molecule has 2 amide bonds. The summed E-state index contributed by atoms with van der Waals surface area (Å²) in [7, 11) is 1.39. The third-order valence-electron chi connectivity index (χ3n) is 5.01. The van der Waals surface area contributed by atoms with E-state index in [1.165, 1.54) is 18.1 Å². The van der Waals surface area contributed by atoms with Gasteiger partial charge in [0.25, 0.3) is 0 Å². The fraction of sp³-hybridized carbons (Fsp3) is 0.474. The third-order valence-corrected chi connectivity index (χ3v) is 5.01. The standard InChI is InChI=1S/C19H25N3O3/c1-19(17(23)25-2)9-11-22(13-19)18(24)20-10-5-6-14-12-21-16-8-4-3-7-15(14)16/h3-4,7-8,12,21H,5-6,9-11,13H2,1-2H3,(H,20,24). The summed E-state index contributed by atoms with van der Waals surface area (Å²) in [6.07, 6.45) is 4.46. The summed E-state index contributed by atoms with van der Waals surface area (Å²) in [5.41, 5.74) is 1.82. The first-order valence-corrected chi connectivity index (χ1v) is 8.70. The van der Waals surface area contributed by atoms with Crippen molar-refractivity contribution in [1.82, 2.24) is 15.2 Å². The molecular formula is C19H25N3O3. The van der Waals surface area contributed by atoms with Gasteiger partial charge in [-0.3, -0.25) is 4.79 Å². The molecule has 6 nitrogen and oxygen atoms in total. The number of likely N-dealkylation sites (tertiary alicyclic amines) is 1. The predicted octanol–water partition coefficient (Wildman–Crippen LogP) is 2.70. The maximum Gasteiger partial charge on any atom is 0.317 e. The van der Waals surface area contributed by atoms with Crippen LogP contribution in [0.15, 0.2) is 30.5 Å². The molecule has 1 aliphatic heterocycles. The number of carbonyl (C=O) groups is 2.